The van der Waals surface area contributed by atoms with E-state index in [0.717, 1.165) is 52.5 Å². The number of fused-ring (bicyclic) bond motifs is 1. The molecule has 1 aromatic heterocycles. The summed E-state index contributed by atoms with van der Waals surface area (Å²) in [6.07, 6.45) is 0. The predicted octanol–water partition coefficient (Wildman–Crippen LogP) is 3.64. The number of piperazine rings is 1. The van der Waals surface area contributed by atoms with Crippen molar-refractivity contribution in [1.82, 2.24) is 14.8 Å². The molecule has 1 aliphatic rings. The second-order valence-corrected chi connectivity index (χ2v) is 8.53. The van der Waals surface area contributed by atoms with Crippen molar-refractivity contribution in [2.24, 2.45) is 0 Å². The van der Waals surface area contributed by atoms with Crippen LogP contribution in [0.15, 0.2) is 48.5 Å². The number of hydrogen-bond donors (Lipinski definition) is 0. The topological polar surface area (TPSA) is 45.7 Å². The zero-order chi connectivity index (χ0) is 19.5. The first-order valence-electron chi connectivity index (χ1n) is 9.60. The Morgan fingerprint density at radius 1 is 1.14 bits per heavy atom. The van der Waals surface area contributed by atoms with Crippen molar-refractivity contribution in [2.75, 3.05) is 33.2 Å². The van der Waals surface area contributed by atoms with Crippen molar-refractivity contribution >= 4 is 27.5 Å². The Kier molecular flexibility index (Phi) is 5.71. The molecule has 0 radical (unpaired) electrons. The van der Waals surface area contributed by atoms with Crippen molar-refractivity contribution in [3.8, 4) is 0 Å². The number of aryl methyl sites for hydroxylation is 1. The summed E-state index contributed by atoms with van der Waals surface area (Å²) in [6.45, 7) is 5.91. The number of likely N-dealkylation sites (N-methyl/N-ethyl adjacent to an activating group) is 1. The molecule has 1 atom stereocenters. The van der Waals surface area contributed by atoms with E-state index in [1.165, 1.54) is 0 Å². The van der Waals surface area contributed by atoms with E-state index in [2.05, 4.69) is 27.9 Å². The Hall–Kier alpha value is -2.28. The van der Waals surface area contributed by atoms with Gasteiger partial charge in [0.05, 0.1) is 15.2 Å². The second-order valence-electron chi connectivity index (χ2n) is 7.30. The highest BCUT2D eigenvalue weighted by Crippen LogP contribution is 2.26. The molecule has 0 aliphatic carbocycles. The minimum absolute atomic E-state index is 0.184. The van der Waals surface area contributed by atoms with Crippen LogP contribution < -0.4 is 0 Å². The third-order valence-corrected chi connectivity index (χ3v) is 6.12. The van der Waals surface area contributed by atoms with Crippen molar-refractivity contribution in [3.05, 3.63) is 64.7 Å². The van der Waals surface area contributed by atoms with Gasteiger partial charge in [0.15, 0.2) is 0 Å². The monoisotopic (exact) mass is 395 g/mol. The average molecular weight is 396 g/mol. The number of nitrogens with zero attached hydrogens (tertiary/aromatic N) is 3. The Morgan fingerprint density at radius 2 is 1.89 bits per heavy atom. The maximum atomic E-state index is 13.1. The molecular formula is C22H25N3O2S. The number of thiazole rings is 1. The summed E-state index contributed by atoms with van der Waals surface area (Å²) in [5, 5.41) is 1.04. The molecule has 0 saturated carbocycles. The van der Waals surface area contributed by atoms with Gasteiger partial charge in [-0.3, -0.25) is 4.90 Å². The quantitative estimate of drug-likeness (QED) is 0.617. The lowest BCUT2D eigenvalue weighted by Crippen LogP contribution is -2.48. The number of hydrogen-bond acceptors (Lipinski definition) is 6. The highest BCUT2D eigenvalue weighted by atomic mass is 32.1. The van der Waals surface area contributed by atoms with Gasteiger partial charge in [0.2, 0.25) is 0 Å². The van der Waals surface area contributed by atoms with E-state index in [-0.39, 0.29) is 18.6 Å². The van der Waals surface area contributed by atoms with Gasteiger partial charge < -0.3 is 9.64 Å². The minimum Gasteiger partial charge on any atom is -0.459 e. The lowest BCUT2D eigenvalue weighted by Gasteiger charge is -2.36. The van der Waals surface area contributed by atoms with Crippen LogP contribution in [0.1, 0.15) is 22.2 Å². The maximum Gasteiger partial charge on any atom is 0.328 e. The summed E-state index contributed by atoms with van der Waals surface area (Å²) in [4.78, 5) is 22.1. The van der Waals surface area contributed by atoms with Crippen LogP contribution in [-0.2, 0) is 16.1 Å². The molecule has 4 rings (SSSR count). The van der Waals surface area contributed by atoms with Crippen molar-refractivity contribution in [2.45, 2.75) is 19.6 Å². The normalized spacial score (nSPS) is 16.9. The van der Waals surface area contributed by atoms with Crippen LogP contribution in [0.4, 0.5) is 0 Å². The summed E-state index contributed by atoms with van der Waals surface area (Å²) < 4.78 is 6.90. The van der Waals surface area contributed by atoms with E-state index in [0.29, 0.717) is 0 Å². The number of ether oxygens (including phenoxy) is 1. The summed E-state index contributed by atoms with van der Waals surface area (Å²) in [5.41, 5.74) is 2.98. The number of aromatic nitrogens is 1. The molecular weight excluding hydrogens is 370 g/mol. The molecule has 3 aromatic rings. The Morgan fingerprint density at radius 3 is 2.64 bits per heavy atom. The van der Waals surface area contributed by atoms with Gasteiger partial charge in [-0.1, -0.05) is 36.4 Å². The number of carbonyl (C=O) groups excluding carboxylic acids is 1. The highest BCUT2D eigenvalue weighted by Gasteiger charge is 2.31. The van der Waals surface area contributed by atoms with Crippen molar-refractivity contribution in [3.63, 3.8) is 0 Å². The second kappa shape index (κ2) is 8.39. The third-order valence-electron chi connectivity index (χ3n) is 5.18. The van der Waals surface area contributed by atoms with Crippen LogP contribution >= 0.6 is 11.3 Å². The zero-order valence-corrected chi connectivity index (χ0v) is 17.1. The lowest BCUT2D eigenvalue weighted by molar-refractivity contribution is -0.152. The van der Waals surface area contributed by atoms with E-state index < -0.39 is 0 Å². The van der Waals surface area contributed by atoms with Gasteiger partial charge >= 0.3 is 5.97 Å². The molecule has 5 nitrogen and oxygen atoms in total. The molecule has 1 aliphatic heterocycles. The molecule has 6 heteroatoms. The van der Waals surface area contributed by atoms with Crippen LogP contribution in [0.2, 0.25) is 0 Å². The molecule has 0 bridgehead atoms. The van der Waals surface area contributed by atoms with Crippen LogP contribution in [-0.4, -0.2) is 54.0 Å². The van der Waals surface area contributed by atoms with Gasteiger partial charge in [0.25, 0.3) is 0 Å². The molecule has 28 heavy (non-hydrogen) atoms. The van der Waals surface area contributed by atoms with Gasteiger partial charge in [-0.15, -0.1) is 11.3 Å². The fourth-order valence-corrected chi connectivity index (χ4v) is 4.51. The predicted molar refractivity (Wildman–Crippen MR) is 112 cm³/mol. The highest BCUT2D eigenvalue weighted by molar-refractivity contribution is 7.18. The van der Waals surface area contributed by atoms with Crippen LogP contribution in [0, 0.1) is 6.92 Å². The third kappa shape index (κ3) is 4.24. The lowest BCUT2D eigenvalue weighted by atomic mass is 10.0. The van der Waals surface area contributed by atoms with Gasteiger partial charge in [0.1, 0.15) is 12.6 Å². The van der Waals surface area contributed by atoms with Gasteiger partial charge in [-0.05, 0) is 37.2 Å². The molecule has 1 fully saturated rings. The van der Waals surface area contributed by atoms with E-state index in [1.54, 1.807) is 11.3 Å². The molecule has 146 valence electrons. The number of rotatable bonds is 5. The Labute approximate surface area is 169 Å². The molecule has 0 N–H and O–H groups in total. The molecule has 1 unspecified atom stereocenters. The number of esters is 1. The average Bonchev–Trinajstić information content (AvgIpc) is 3.08. The Bertz CT molecular complexity index is 949. The minimum atomic E-state index is -0.357. The summed E-state index contributed by atoms with van der Waals surface area (Å²) in [7, 11) is 2.12. The summed E-state index contributed by atoms with van der Waals surface area (Å²) >= 11 is 1.66. The standard InChI is InChI=1S/C22H25N3O2S/c1-16-23-19-9-8-17(14-20(19)28-16)15-27-22(26)21(18-6-4-3-5-7-18)25-12-10-24(2)11-13-25/h3-9,14,21H,10-13,15H2,1-2H3. The molecule has 0 spiro atoms. The van der Waals surface area contributed by atoms with Gasteiger partial charge in [0, 0.05) is 26.2 Å². The smallest absolute Gasteiger partial charge is 0.328 e. The molecule has 2 aromatic carbocycles. The summed E-state index contributed by atoms with van der Waals surface area (Å²) in [5.74, 6) is -0.184. The number of carbonyl (C=O) groups is 1. The largest absolute Gasteiger partial charge is 0.459 e. The number of benzene rings is 2. The van der Waals surface area contributed by atoms with Crippen LogP contribution in [0.3, 0.4) is 0 Å². The fraction of sp³-hybridized carbons (Fsp3) is 0.364. The van der Waals surface area contributed by atoms with E-state index in [4.69, 9.17) is 4.74 Å². The summed E-state index contributed by atoms with van der Waals surface area (Å²) in [6, 6.07) is 15.6. The fourth-order valence-electron chi connectivity index (χ4n) is 3.62. The van der Waals surface area contributed by atoms with Crippen LogP contribution in [0.5, 0.6) is 0 Å². The maximum absolute atomic E-state index is 13.1. The molecule has 2 heterocycles. The van der Waals surface area contributed by atoms with Crippen molar-refractivity contribution in [1.29, 1.82) is 0 Å². The van der Waals surface area contributed by atoms with Crippen molar-refractivity contribution < 1.29 is 9.53 Å². The molecule has 1 saturated heterocycles. The molecule has 0 amide bonds. The Balaban J connectivity index is 1.49. The van der Waals surface area contributed by atoms with E-state index in [9.17, 15) is 4.79 Å². The first kappa shape index (κ1) is 19.1. The van der Waals surface area contributed by atoms with E-state index in [1.807, 2.05) is 49.4 Å². The van der Waals surface area contributed by atoms with E-state index >= 15 is 0 Å². The first-order chi connectivity index (χ1) is 13.6. The van der Waals surface area contributed by atoms with Crippen LogP contribution in [0.25, 0.3) is 10.2 Å². The van der Waals surface area contributed by atoms with Gasteiger partial charge in [-0.25, -0.2) is 9.78 Å². The first-order valence-corrected chi connectivity index (χ1v) is 10.4. The van der Waals surface area contributed by atoms with Gasteiger partial charge in [-0.2, -0.15) is 0 Å². The zero-order valence-electron chi connectivity index (χ0n) is 16.3. The SMILES string of the molecule is Cc1nc2ccc(COC(=O)C(c3ccccc3)N3CCN(C)CC3)cc2s1.